The van der Waals surface area contributed by atoms with Gasteiger partial charge in [-0.25, -0.2) is 0 Å². The minimum absolute atomic E-state index is 0.430. The average Bonchev–Trinajstić information content (AvgIpc) is 2.66. The van der Waals surface area contributed by atoms with Crippen LogP contribution >= 0.6 is 0 Å². The number of hydrogen-bond donors (Lipinski definition) is 0. The zero-order chi connectivity index (χ0) is 21.5. The molecule has 28 heavy (non-hydrogen) atoms. The van der Waals surface area contributed by atoms with Crippen LogP contribution in [0.2, 0.25) is 0 Å². The van der Waals surface area contributed by atoms with Crippen LogP contribution < -0.4 is 0 Å². The molecule has 0 rings (SSSR count). The van der Waals surface area contributed by atoms with E-state index in [2.05, 4.69) is 88.6 Å². The van der Waals surface area contributed by atoms with Gasteiger partial charge < -0.3 is 4.90 Å². The molecule has 0 amide bonds. The Hall–Kier alpha value is -2.09. The molecule has 0 aliphatic heterocycles. The van der Waals surface area contributed by atoms with E-state index < -0.39 is 0 Å². The van der Waals surface area contributed by atoms with Crippen LogP contribution in [-0.2, 0) is 0 Å². The summed E-state index contributed by atoms with van der Waals surface area (Å²) in [5.74, 6) is 0.487. The molecule has 0 spiro atoms. The van der Waals surface area contributed by atoms with Crippen LogP contribution in [0.1, 0.15) is 67.2 Å². The van der Waals surface area contributed by atoms with E-state index in [0.29, 0.717) is 12.0 Å². The number of hydrogen-bond acceptors (Lipinski definition) is 2. The third-order valence-electron chi connectivity index (χ3n) is 4.79. The molecule has 0 aromatic carbocycles. The van der Waals surface area contributed by atoms with E-state index in [4.69, 9.17) is 0 Å². The molecule has 2 heteroatoms. The van der Waals surface area contributed by atoms with Gasteiger partial charge in [0.15, 0.2) is 0 Å². The number of unbranched alkanes of at least 4 members (excludes halogenated alkanes) is 1. The second kappa shape index (κ2) is 14.9. The molecule has 0 aromatic heterocycles. The van der Waals surface area contributed by atoms with Crippen LogP contribution in [0, 0.1) is 5.92 Å². The number of rotatable bonds is 14. The second-order valence-electron chi connectivity index (χ2n) is 7.57. The van der Waals surface area contributed by atoms with E-state index in [1.807, 2.05) is 13.0 Å². The highest BCUT2D eigenvalue weighted by atomic mass is 15.2. The van der Waals surface area contributed by atoms with Crippen molar-refractivity contribution in [1.29, 1.82) is 0 Å². The molecule has 2 nitrogen and oxygen atoms in total. The van der Waals surface area contributed by atoms with Gasteiger partial charge in [0.05, 0.1) is 0 Å². The van der Waals surface area contributed by atoms with Crippen molar-refractivity contribution in [3.05, 3.63) is 73.2 Å². The first kappa shape index (κ1) is 25.9. The molecule has 0 bridgehead atoms. The SMILES string of the molecule is C=CN=C(C)/C=C\CCCC(C)N(C/C(=C/C)C(=C)CC)/C(C=C)=C/C(C)C. The fourth-order valence-electron chi connectivity index (χ4n) is 3.07. The summed E-state index contributed by atoms with van der Waals surface area (Å²) < 4.78 is 0. The predicted molar refractivity (Wildman–Crippen MR) is 129 cm³/mol. The number of allylic oxidation sites excluding steroid dienone is 5. The molecule has 1 unspecified atom stereocenters. The normalized spacial score (nSPS) is 14.5. The fraction of sp³-hybridized carbons (Fsp3) is 0.500. The molecule has 0 N–H and O–H groups in total. The first-order chi connectivity index (χ1) is 13.3. The summed E-state index contributed by atoms with van der Waals surface area (Å²) >= 11 is 0. The van der Waals surface area contributed by atoms with Gasteiger partial charge in [0.1, 0.15) is 0 Å². The lowest BCUT2D eigenvalue weighted by molar-refractivity contribution is 0.278. The molecular weight excluding hydrogens is 340 g/mol. The highest BCUT2D eigenvalue weighted by Crippen LogP contribution is 2.22. The van der Waals surface area contributed by atoms with E-state index in [1.165, 1.54) is 16.8 Å². The summed E-state index contributed by atoms with van der Waals surface area (Å²) in [7, 11) is 0. The first-order valence-corrected chi connectivity index (χ1v) is 10.6. The Balaban J connectivity index is 5.23. The largest absolute Gasteiger partial charge is 0.365 e. The number of nitrogens with zero attached hydrogens (tertiary/aromatic N) is 2. The Morgan fingerprint density at radius 2 is 1.86 bits per heavy atom. The summed E-state index contributed by atoms with van der Waals surface area (Å²) in [6.45, 7) is 25.9. The summed E-state index contributed by atoms with van der Waals surface area (Å²) in [5.41, 5.74) is 4.75. The molecule has 0 saturated heterocycles. The van der Waals surface area contributed by atoms with Gasteiger partial charge in [0, 0.05) is 30.2 Å². The maximum atomic E-state index is 4.25. The van der Waals surface area contributed by atoms with Gasteiger partial charge in [-0.05, 0) is 70.1 Å². The van der Waals surface area contributed by atoms with Crippen molar-refractivity contribution < 1.29 is 0 Å². The van der Waals surface area contributed by atoms with E-state index in [1.54, 1.807) is 6.20 Å². The third kappa shape index (κ3) is 10.3. The summed E-state index contributed by atoms with van der Waals surface area (Å²) in [4.78, 5) is 6.65. The smallest absolute Gasteiger partial charge is 0.0431 e. The second-order valence-corrected chi connectivity index (χ2v) is 7.57. The predicted octanol–water partition coefficient (Wildman–Crippen LogP) is 7.65. The average molecular weight is 383 g/mol. The zero-order valence-corrected chi connectivity index (χ0v) is 19.2. The van der Waals surface area contributed by atoms with Gasteiger partial charge in [-0.1, -0.05) is 64.3 Å². The third-order valence-corrected chi connectivity index (χ3v) is 4.79. The molecule has 0 aliphatic rings. The van der Waals surface area contributed by atoms with Gasteiger partial charge in [-0.15, -0.1) is 0 Å². The minimum atomic E-state index is 0.430. The van der Waals surface area contributed by atoms with Gasteiger partial charge >= 0.3 is 0 Å². The van der Waals surface area contributed by atoms with Crippen molar-refractivity contribution in [1.82, 2.24) is 4.90 Å². The molecular formula is C26H42N2. The van der Waals surface area contributed by atoms with Gasteiger partial charge in [-0.2, -0.15) is 0 Å². The Morgan fingerprint density at radius 3 is 2.36 bits per heavy atom. The molecule has 0 saturated carbocycles. The Kier molecular flexibility index (Phi) is 13.8. The lowest BCUT2D eigenvalue weighted by atomic mass is 10.0. The monoisotopic (exact) mass is 382 g/mol. The molecule has 156 valence electrons. The summed E-state index contributed by atoms with van der Waals surface area (Å²) in [6.07, 6.45) is 16.7. The van der Waals surface area contributed by atoms with Crippen molar-refractivity contribution >= 4 is 5.71 Å². The lowest BCUT2D eigenvalue weighted by Crippen LogP contribution is -2.34. The molecule has 0 radical (unpaired) electrons. The maximum Gasteiger partial charge on any atom is 0.0431 e. The van der Waals surface area contributed by atoms with E-state index in [-0.39, 0.29) is 0 Å². The minimum Gasteiger partial charge on any atom is -0.365 e. The van der Waals surface area contributed by atoms with E-state index in [9.17, 15) is 0 Å². The zero-order valence-electron chi connectivity index (χ0n) is 19.2. The molecule has 0 fully saturated rings. The standard InChI is InChI=1S/C26H42N2/c1-10-22(7)25(11-2)20-28(26(12-3)19-21(5)6)24(9)18-16-14-15-17-23(8)27-13-4/h11-13,15,17,19,21,24H,3-4,7,10,14,16,18,20H2,1-2,5-6,8-9H3/b17-15-,25-11-,26-19+,27-23?. The van der Waals surface area contributed by atoms with Crippen LogP contribution in [0.5, 0.6) is 0 Å². The quantitative estimate of drug-likeness (QED) is 0.171. The Bertz CT molecular complexity index is 614. The maximum absolute atomic E-state index is 4.25. The van der Waals surface area contributed by atoms with E-state index in [0.717, 1.165) is 37.9 Å². The Labute approximate surface area is 174 Å². The van der Waals surface area contributed by atoms with Crippen molar-refractivity contribution in [2.75, 3.05) is 6.54 Å². The van der Waals surface area contributed by atoms with Crippen LogP contribution in [0.3, 0.4) is 0 Å². The molecule has 1 atom stereocenters. The van der Waals surface area contributed by atoms with Crippen molar-refractivity contribution in [3.63, 3.8) is 0 Å². The summed E-state index contributed by atoms with van der Waals surface area (Å²) in [5, 5.41) is 0. The number of aliphatic imine (C=N–C) groups is 1. The lowest BCUT2D eigenvalue weighted by Gasteiger charge is -2.34. The first-order valence-electron chi connectivity index (χ1n) is 10.6. The van der Waals surface area contributed by atoms with Crippen LogP contribution in [0.15, 0.2) is 78.2 Å². The van der Waals surface area contributed by atoms with Crippen LogP contribution in [0.4, 0.5) is 0 Å². The molecule has 0 heterocycles. The van der Waals surface area contributed by atoms with Crippen molar-refractivity contribution in [3.8, 4) is 0 Å². The van der Waals surface area contributed by atoms with Gasteiger partial charge in [0.25, 0.3) is 0 Å². The highest BCUT2D eigenvalue weighted by Gasteiger charge is 2.17. The Morgan fingerprint density at radius 1 is 1.18 bits per heavy atom. The van der Waals surface area contributed by atoms with Gasteiger partial charge in [0.2, 0.25) is 0 Å². The topological polar surface area (TPSA) is 15.6 Å². The summed E-state index contributed by atoms with van der Waals surface area (Å²) in [6, 6.07) is 0.430. The van der Waals surface area contributed by atoms with Crippen LogP contribution in [0.25, 0.3) is 0 Å². The highest BCUT2D eigenvalue weighted by molar-refractivity contribution is 5.93. The van der Waals surface area contributed by atoms with Crippen molar-refractivity contribution in [2.24, 2.45) is 10.9 Å². The van der Waals surface area contributed by atoms with Crippen LogP contribution in [-0.4, -0.2) is 23.2 Å². The molecule has 0 aliphatic carbocycles. The van der Waals surface area contributed by atoms with Crippen molar-refractivity contribution in [2.45, 2.75) is 73.3 Å². The fourth-order valence-corrected chi connectivity index (χ4v) is 3.07. The van der Waals surface area contributed by atoms with E-state index >= 15 is 0 Å². The van der Waals surface area contributed by atoms with Gasteiger partial charge in [-0.3, -0.25) is 4.99 Å². The molecule has 0 aromatic rings.